The van der Waals surface area contributed by atoms with E-state index < -0.39 is 0 Å². The monoisotopic (exact) mass is 436 g/mol. The number of piperazine rings is 1. The van der Waals surface area contributed by atoms with Gasteiger partial charge in [0.25, 0.3) is 0 Å². The van der Waals surface area contributed by atoms with E-state index in [4.69, 9.17) is 9.47 Å². The summed E-state index contributed by atoms with van der Waals surface area (Å²) in [7, 11) is 3.41. The van der Waals surface area contributed by atoms with Gasteiger partial charge >= 0.3 is 0 Å². The van der Waals surface area contributed by atoms with Crippen molar-refractivity contribution in [3.05, 3.63) is 59.9 Å². The summed E-state index contributed by atoms with van der Waals surface area (Å²) in [4.78, 5) is 4.92. The normalized spacial score (nSPS) is 15.5. The fourth-order valence-electron chi connectivity index (χ4n) is 4.38. The first kappa shape index (κ1) is 22.1. The number of nitrogens with zero attached hydrogens (tertiary/aromatic N) is 6. The largest absolute Gasteiger partial charge is 0.497 e. The number of anilines is 1. The third-order valence-electron chi connectivity index (χ3n) is 6.09. The Bertz CT molecular complexity index is 982. The van der Waals surface area contributed by atoms with Gasteiger partial charge in [-0.05, 0) is 46.7 Å². The molecule has 1 fully saturated rings. The molecule has 2 aromatic carbocycles. The van der Waals surface area contributed by atoms with Crippen LogP contribution in [0.5, 0.6) is 11.5 Å². The minimum absolute atomic E-state index is 0.202. The van der Waals surface area contributed by atoms with E-state index in [1.807, 2.05) is 28.9 Å². The van der Waals surface area contributed by atoms with Crippen LogP contribution in [0, 0.1) is 0 Å². The number of hydrogen-bond donors (Lipinski definition) is 0. The van der Waals surface area contributed by atoms with Gasteiger partial charge in [-0.25, -0.2) is 4.68 Å². The zero-order valence-electron chi connectivity index (χ0n) is 19.1. The molecule has 1 aromatic heterocycles. The molecule has 32 heavy (non-hydrogen) atoms. The summed E-state index contributed by atoms with van der Waals surface area (Å²) in [5, 5.41) is 12.8. The standard InChI is InChI=1S/C24H32N6O2/c1-4-7-22(24-25-26-27-30(24)18-19-10-12-20(31-2)13-11-19)29-16-14-28(15-17-29)21-8-5-6-9-23(21)32-3/h5-6,8-13,22H,4,7,14-18H2,1-3H3/t22-/m0/s1. The van der Waals surface area contributed by atoms with E-state index >= 15 is 0 Å². The van der Waals surface area contributed by atoms with Crippen molar-refractivity contribution in [3.8, 4) is 11.5 Å². The predicted molar refractivity (Wildman–Crippen MR) is 124 cm³/mol. The summed E-state index contributed by atoms with van der Waals surface area (Å²) in [6.45, 7) is 6.67. The molecule has 170 valence electrons. The third kappa shape index (κ3) is 4.85. The van der Waals surface area contributed by atoms with Crippen LogP contribution in [0.4, 0.5) is 5.69 Å². The van der Waals surface area contributed by atoms with Crippen molar-refractivity contribution in [2.24, 2.45) is 0 Å². The molecule has 1 saturated heterocycles. The highest BCUT2D eigenvalue weighted by atomic mass is 16.5. The summed E-state index contributed by atoms with van der Waals surface area (Å²) in [5.74, 6) is 2.71. The van der Waals surface area contributed by atoms with Crippen LogP contribution in [-0.2, 0) is 6.54 Å². The second kappa shape index (κ2) is 10.5. The Labute approximate surface area is 189 Å². The number of tetrazole rings is 1. The number of aromatic nitrogens is 4. The lowest BCUT2D eigenvalue weighted by Gasteiger charge is -2.40. The van der Waals surface area contributed by atoms with Crippen molar-refractivity contribution >= 4 is 5.69 Å². The van der Waals surface area contributed by atoms with Crippen molar-refractivity contribution in [2.45, 2.75) is 32.4 Å². The minimum atomic E-state index is 0.202. The first-order chi connectivity index (χ1) is 15.7. The maximum atomic E-state index is 5.56. The molecular formula is C24H32N6O2. The summed E-state index contributed by atoms with van der Waals surface area (Å²) >= 11 is 0. The Hall–Kier alpha value is -3.13. The molecule has 0 aliphatic carbocycles. The van der Waals surface area contributed by atoms with Crippen LogP contribution in [0.2, 0.25) is 0 Å². The van der Waals surface area contributed by atoms with Crippen LogP contribution >= 0.6 is 0 Å². The summed E-state index contributed by atoms with van der Waals surface area (Å²) in [6.07, 6.45) is 2.10. The van der Waals surface area contributed by atoms with E-state index in [-0.39, 0.29) is 6.04 Å². The molecule has 0 radical (unpaired) electrons. The smallest absolute Gasteiger partial charge is 0.168 e. The lowest BCUT2D eigenvalue weighted by atomic mass is 10.1. The molecule has 0 bridgehead atoms. The molecule has 8 nitrogen and oxygen atoms in total. The molecule has 0 spiro atoms. The molecule has 2 heterocycles. The number of methoxy groups -OCH3 is 2. The molecule has 4 rings (SSSR count). The van der Waals surface area contributed by atoms with Gasteiger partial charge in [-0.1, -0.05) is 37.6 Å². The van der Waals surface area contributed by atoms with Crippen LogP contribution < -0.4 is 14.4 Å². The maximum Gasteiger partial charge on any atom is 0.168 e. The van der Waals surface area contributed by atoms with E-state index in [1.165, 1.54) is 0 Å². The zero-order chi connectivity index (χ0) is 22.3. The lowest BCUT2D eigenvalue weighted by Crippen LogP contribution is -2.48. The Morgan fingerprint density at radius 3 is 2.38 bits per heavy atom. The summed E-state index contributed by atoms with van der Waals surface area (Å²) in [6, 6.07) is 16.5. The van der Waals surface area contributed by atoms with E-state index in [0.29, 0.717) is 6.54 Å². The SMILES string of the molecule is CCC[C@@H](c1nnnn1Cc1ccc(OC)cc1)N1CCN(c2ccccc2OC)CC1. The molecule has 3 aromatic rings. The fraction of sp³-hybridized carbons (Fsp3) is 0.458. The topological polar surface area (TPSA) is 68.5 Å². The number of para-hydroxylation sites is 2. The Morgan fingerprint density at radius 2 is 1.69 bits per heavy atom. The first-order valence-electron chi connectivity index (χ1n) is 11.2. The van der Waals surface area contributed by atoms with Gasteiger partial charge in [0, 0.05) is 26.2 Å². The van der Waals surface area contributed by atoms with Crippen molar-refractivity contribution in [1.82, 2.24) is 25.1 Å². The quantitative estimate of drug-likeness (QED) is 0.509. The highest BCUT2D eigenvalue weighted by Gasteiger charge is 2.29. The maximum absolute atomic E-state index is 5.56. The number of benzene rings is 2. The van der Waals surface area contributed by atoms with E-state index in [2.05, 4.69) is 56.5 Å². The zero-order valence-corrected chi connectivity index (χ0v) is 19.1. The third-order valence-corrected chi connectivity index (χ3v) is 6.09. The van der Waals surface area contributed by atoms with Crippen LogP contribution in [0.25, 0.3) is 0 Å². The second-order valence-electron chi connectivity index (χ2n) is 8.04. The summed E-state index contributed by atoms with van der Waals surface area (Å²) < 4.78 is 12.8. The molecule has 8 heteroatoms. The van der Waals surface area contributed by atoms with Crippen molar-refractivity contribution < 1.29 is 9.47 Å². The predicted octanol–water partition coefficient (Wildman–Crippen LogP) is 3.40. The Morgan fingerprint density at radius 1 is 0.938 bits per heavy atom. The van der Waals surface area contributed by atoms with Gasteiger partial charge in [-0.2, -0.15) is 0 Å². The Kier molecular flexibility index (Phi) is 7.21. The average Bonchev–Trinajstić information content (AvgIpc) is 3.31. The van der Waals surface area contributed by atoms with Gasteiger partial charge in [-0.3, -0.25) is 4.90 Å². The van der Waals surface area contributed by atoms with E-state index in [1.54, 1.807) is 14.2 Å². The van der Waals surface area contributed by atoms with Gasteiger partial charge in [0.15, 0.2) is 5.82 Å². The van der Waals surface area contributed by atoms with Gasteiger partial charge < -0.3 is 14.4 Å². The molecular weight excluding hydrogens is 404 g/mol. The van der Waals surface area contributed by atoms with Crippen molar-refractivity contribution in [3.63, 3.8) is 0 Å². The molecule has 0 amide bonds. The molecule has 1 aliphatic heterocycles. The van der Waals surface area contributed by atoms with Gasteiger partial charge in [0.2, 0.25) is 0 Å². The number of rotatable bonds is 9. The highest BCUT2D eigenvalue weighted by Crippen LogP contribution is 2.31. The van der Waals surface area contributed by atoms with Gasteiger partial charge in [-0.15, -0.1) is 5.10 Å². The first-order valence-corrected chi connectivity index (χ1v) is 11.2. The fourth-order valence-corrected chi connectivity index (χ4v) is 4.38. The van der Waals surface area contributed by atoms with Gasteiger partial charge in [0.1, 0.15) is 11.5 Å². The highest BCUT2D eigenvalue weighted by molar-refractivity contribution is 5.58. The molecule has 1 atom stereocenters. The molecule has 1 aliphatic rings. The number of hydrogen-bond acceptors (Lipinski definition) is 7. The lowest BCUT2D eigenvalue weighted by molar-refractivity contribution is 0.164. The Balaban J connectivity index is 1.47. The molecule has 0 unspecified atom stereocenters. The van der Waals surface area contributed by atoms with E-state index in [9.17, 15) is 0 Å². The molecule has 0 N–H and O–H groups in total. The van der Waals surface area contributed by atoms with Crippen LogP contribution in [0.1, 0.15) is 37.2 Å². The van der Waals surface area contributed by atoms with Crippen molar-refractivity contribution in [2.75, 3.05) is 45.3 Å². The average molecular weight is 437 g/mol. The number of ether oxygens (including phenoxy) is 2. The second-order valence-corrected chi connectivity index (χ2v) is 8.04. The van der Waals surface area contributed by atoms with Crippen LogP contribution in [0.3, 0.4) is 0 Å². The van der Waals surface area contributed by atoms with Crippen LogP contribution in [0.15, 0.2) is 48.5 Å². The molecule has 0 saturated carbocycles. The van der Waals surface area contributed by atoms with E-state index in [0.717, 1.165) is 67.6 Å². The van der Waals surface area contributed by atoms with Gasteiger partial charge in [0.05, 0.1) is 32.5 Å². The summed E-state index contributed by atoms with van der Waals surface area (Å²) in [5.41, 5.74) is 2.31. The minimum Gasteiger partial charge on any atom is -0.497 e. The van der Waals surface area contributed by atoms with Crippen LogP contribution in [-0.4, -0.2) is 65.5 Å². The van der Waals surface area contributed by atoms with Crippen molar-refractivity contribution in [1.29, 1.82) is 0 Å².